The summed E-state index contributed by atoms with van der Waals surface area (Å²) in [5.41, 5.74) is 2.74. The van der Waals surface area contributed by atoms with Crippen LogP contribution in [0.3, 0.4) is 0 Å². The van der Waals surface area contributed by atoms with E-state index in [0.717, 1.165) is 21.4 Å². The number of halogens is 2. The monoisotopic (exact) mass is 389 g/mol. The lowest BCUT2D eigenvalue weighted by Gasteiger charge is -2.09. The van der Waals surface area contributed by atoms with Crippen LogP contribution in [0.4, 0.5) is 23.1 Å². The maximum atomic E-state index is 6.13. The quantitative estimate of drug-likeness (QED) is 0.650. The molecule has 0 bridgehead atoms. The molecule has 0 unspecified atom stereocenters. The van der Waals surface area contributed by atoms with Gasteiger partial charge in [0.15, 0.2) is 5.82 Å². The first-order chi connectivity index (χ1) is 11.1. The Morgan fingerprint density at radius 2 is 1.87 bits per heavy atom. The molecule has 0 saturated heterocycles. The van der Waals surface area contributed by atoms with Crippen molar-refractivity contribution in [3.63, 3.8) is 0 Å². The summed E-state index contributed by atoms with van der Waals surface area (Å²) in [4.78, 5) is 4.39. The predicted molar refractivity (Wildman–Crippen MR) is 96.7 cm³/mol. The van der Waals surface area contributed by atoms with E-state index in [2.05, 4.69) is 41.7 Å². The zero-order valence-corrected chi connectivity index (χ0v) is 14.6. The van der Waals surface area contributed by atoms with Gasteiger partial charge in [0.2, 0.25) is 5.95 Å². The maximum Gasteiger partial charge on any atom is 0.249 e. The third-order valence-corrected chi connectivity index (χ3v) is 3.98. The number of nitrogens with one attached hydrogen (secondary N) is 2. The van der Waals surface area contributed by atoms with E-state index in [1.807, 2.05) is 49.4 Å². The number of aryl methyl sites for hydroxylation is 1. The zero-order chi connectivity index (χ0) is 16.2. The van der Waals surface area contributed by atoms with Gasteiger partial charge in [-0.05, 0) is 42.8 Å². The Morgan fingerprint density at radius 1 is 1.04 bits per heavy atom. The van der Waals surface area contributed by atoms with Crippen molar-refractivity contribution in [2.24, 2.45) is 0 Å². The maximum absolute atomic E-state index is 6.13. The minimum atomic E-state index is 0.409. The third-order valence-electron chi connectivity index (χ3n) is 3.08. The molecule has 7 heteroatoms. The van der Waals surface area contributed by atoms with Crippen LogP contribution < -0.4 is 10.6 Å². The standard InChI is InChI=1S/C16H13BrClN5/c1-10-5-6-13(8-14(10)18)20-15-9-19-23-16(22-15)21-12-4-2-3-11(17)7-12/h2-9H,1H3,(H2,20,21,22,23). The minimum Gasteiger partial charge on any atom is -0.339 e. The minimum absolute atomic E-state index is 0.409. The van der Waals surface area contributed by atoms with E-state index in [4.69, 9.17) is 11.6 Å². The molecule has 0 atom stereocenters. The molecule has 116 valence electrons. The van der Waals surface area contributed by atoms with Gasteiger partial charge in [-0.25, -0.2) is 0 Å². The molecular weight excluding hydrogens is 378 g/mol. The number of nitrogens with zero attached hydrogens (tertiary/aromatic N) is 3. The molecule has 3 aromatic rings. The lowest BCUT2D eigenvalue weighted by atomic mass is 10.2. The average molecular weight is 391 g/mol. The highest BCUT2D eigenvalue weighted by Gasteiger charge is 2.04. The molecule has 0 aliphatic heterocycles. The van der Waals surface area contributed by atoms with Crippen molar-refractivity contribution in [3.8, 4) is 0 Å². The number of anilines is 4. The first-order valence-electron chi connectivity index (χ1n) is 6.86. The van der Waals surface area contributed by atoms with Crippen LogP contribution in [0.1, 0.15) is 5.56 Å². The molecular formula is C16H13BrClN5. The highest BCUT2D eigenvalue weighted by Crippen LogP contribution is 2.23. The molecule has 0 aliphatic carbocycles. The van der Waals surface area contributed by atoms with Gasteiger partial charge in [0.25, 0.3) is 0 Å². The number of hydrogen-bond acceptors (Lipinski definition) is 5. The van der Waals surface area contributed by atoms with Crippen LogP contribution in [0.2, 0.25) is 5.02 Å². The molecule has 0 spiro atoms. The fourth-order valence-corrected chi connectivity index (χ4v) is 2.51. The summed E-state index contributed by atoms with van der Waals surface area (Å²) in [6, 6.07) is 13.5. The van der Waals surface area contributed by atoms with Gasteiger partial charge < -0.3 is 10.6 Å². The topological polar surface area (TPSA) is 62.7 Å². The number of hydrogen-bond donors (Lipinski definition) is 2. The molecule has 0 fully saturated rings. The summed E-state index contributed by atoms with van der Waals surface area (Å²) in [7, 11) is 0. The fourth-order valence-electron chi connectivity index (χ4n) is 1.93. The fraction of sp³-hybridized carbons (Fsp3) is 0.0625. The summed E-state index contributed by atoms with van der Waals surface area (Å²) >= 11 is 9.55. The van der Waals surface area contributed by atoms with Crippen LogP contribution in [0, 0.1) is 6.92 Å². The number of aromatic nitrogens is 3. The lowest BCUT2D eigenvalue weighted by Crippen LogP contribution is -2.02. The van der Waals surface area contributed by atoms with Gasteiger partial charge >= 0.3 is 0 Å². The molecule has 1 aromatic heterocycles. The molecule has 0 saturated carbocycles. The summed E-state index contributed by atoms with van der Waals surface area (Å²) in [6.45, 7) is 1.96. The summed E-state index contributed by atoms with van der Waals surface area (Å²) in [5, 5.41) is 14.9. The molecule has 2 aromatic carbocycles. The van der Waals surface area contributed by atoms with Crippen LogP contribution in [-0.2, 0) is 0 Å². The number of rotatable bonds is 4. The Morgan fingerprint density at radius 3 is 2.65 bits per heavy atom. The number of benzene rings is 2. The van der Waals surface area contributed by atoms with E-state index in [-0.39, 0.29) is 0 Å². The molecule has 1 heterocycles. The van der Waals surface area contributed by atoms with Gasteiger partial charge in [0.1, 0.15) is 0 Å². The second-order valence-corrected chi connectivity index (χ2v) is 6.21. The highest BCUT2D eigenvalue weighted by molar-refractivity contribution is 9.10. The molecule has 5 nitrogen and oxygen atoms in total. The van der Waals surface area contributed by atoms with E-state index >= 15 is 0 Å². The first kappa shape index (κ1) is 15.7. The Hall–Kier alpha value is -2.18. The summed E-state index contributed by atoms with van der Waals surface area (Å²) < 4.78 is 0.971. The predicted octanol–water partition coefficient (Wildman–Crippen LogP) is 5.08. The van der Waals surface area contributed by atoms with Crippen molar-refractivity contribution in [3.05, 3.63) is 63.7 Å². The van der Waals surface area contributed by atoms with E-state index in [1.54, 1.807) is 6.20 Å². The van der Waals surface area contributed by atoms with Crippen LogP contribution in [-0.4, -0.2) is 15.2 Å². The SMILES string of the molecule is Cc1ccc(Nc2cnnc(Nc3cccc(Br)c3)n2)cc1Cl. The highest BCUT2D eigenvalue weighted by atomic mass is 79.9. The Bertz CT molecular complexity index is 840. The van der Waals surface area contributed by atoms with Crippen LogP contribution in [0.25, 0.3) is 0 Å². The Labute approximate surface area is 147 Å². The third kappa shape index (κ3) is 4.18. The second kappa shape index (κ2) is 6.93. The largest absolute Gasteiger partial charge is 0.339 e. The van der Waals surface area contributed by atoms with Gasteiger partial charge in [0, 0.05) is 20.9 Å². The van der Waals surface area contributed by atoms with E-state index in [0.29, 0.717) is 16.8 Å². The second-order valence-electron chi connectivity index (χ2n) is 4.89. The molecule has 3 rings (SSSR count). The van der Waals surface area contributed by atoms with Gasteiger partial charge in [-0.1, -0.05) is 39.7 Å². The zero-order valence-electron chi connectivity index (χ0n) is 12.2. The Kier molecular flexibility index (Phi) is 4.73. The van der Waals surface area contributed by atoms with E-state index in [1.165, 1.54) is 0 Å². The molecule has 0 aliphatic rings. The summed E-state index contributed by atoms with van der Waals surface area (Å²) in [5.74, 6) is 0.990. The van der Waals surface area contributed by atoms with Gasteiger partial charge in [-0.2, -0.15) is 10.1 Å². The van der Waals surface area contributed by atoms with Crippen molar-refractivity contribution in [2.75, 3.05) is 10.6 Å². The average Bonchev–Trinajstić information content (AvgIpc) is 2.51. The van der Waals surface area contributed by atoms with Crippen molar-refractivity contribution in [2.45, 2.75) is 6.92 Å². The van der Waals surface area contributed by atoms with Crippen molar-refractivity contribution >= 4 is 50.7 Å². The molecule has 0 amide bonds. The lowest BCUT2D eigenvalue weighted by molar-refractivity contribution is 0.982. The molecule has 2 N–H and O–H groups in total. The smallest absolute Gasteiger partial charge is 0.249 e. The van der Waals surface area contributed by atoms with Crippen molar-refractivity contribution in [1.29, 1.82) is 0 Å². The van der Waals surface area contributed by atoms with Gasteiger partial charge in [-0.15, -0.1) is 5.10 Å². The van der Waals surface area contributed by atoms with E-state index < -0.39 is 0 Å². The summed E-state index contributed by atoms with van der Waals surface area (Å²) in [6.07, 6.45) is 1.56. The van der Waals surface area contributed by atoms with E-state index in [9.17, 15) is 0 Å². The van der Waals surface area contributed by atoms with Crippen molar-refractivity contribution < 1.29 is 0 Å². The van der Waals surface area contributed by atoms with Gasteiger partial charge in [-0.3, -0.25) is 0 Å². The molecule has 0 radical (unpaired) electrons. The molecule has 23 heavy (non-hydrogen) atoms. The van der Waals surface area contributed by atoms with Gasteiger partial charge in [0.05, 0.1) is 6.20 Å². The van der Waals surface area contributed by atoms with Crippen LogP contribution >= 0.6 is 27.5 Å². The first-order valence-corrected chi connectivity index (χ1v) is 8.03. The van der Waals surface area contributed by atoms with Crippen LogP contribution in [0.15, 0.2) is 53.1 Å². The Balaban J connectivity index is 1.78. The normalized spacial score (nSPS) is 10.4. The van der Waals surface area contributed by atoms with Crippen LogP contribution in [0.5, 0.6) is 0 Å². The van der Waals surface area contributed by atoms with Crippen molar-refractivity contribution in [1.82, 2.24) is 15.2 Å².